The molecule has 1 fully saturated rings. The molecule has 34 heavy (non-hydrogen) atoms. The molecule has 0 atom stereocenters. The molecule has 1 saturated heterocycles. The highest BCUT2D eigenvalue weighted by Crippen LogP contribution is 2.36. The molecule has 1 aliphatic rings. The Kier molecular flexibility index (Phi) is 6.08. The lowest BCUT2D eigenvalue weighted by Crippen LogP contribution is -2.38. The SMILES string of the molecule is Cc1oc2cc(Oc3ccnc4cc(OCCN5CCOCC5)ccc34)cc(C)c2c1C(N)=O. The first-order valence-electron chi connectivity index (χ1n) is 11.3. The summed E-state index contributed by atoms with van der Waals surface area (Å²) in [6.45, 7) is 8.55. The Morgan fingerprint density at radius 3 is 2.74 bits per heavy atom. The van der Waals surface area contributed by atoms with E-state index in [2.05, 4.69) is 9.88 Å². The van der Waals surface area contributed by atoms with Crippen LogP contribution in [0.1, 0.15) is 21.7 Å². The first-order chi connectivity index (χ1) is 16.5. The number of amides is 1. The number of furan rings is 1. The number of pyridine rings is 1. The fourth-order valence-corrected chi connectivity index (χ4v) is 4.40. The average Bonchev–Trinajstić information content (AvgIpc) is 3.16. The van der Waals surface area contributed by atoms with E-state index >= 15 is 0 Å². The zero-order valence-electron chi connectivity index (χ0n) is 19.3. The van der Waals surface area contributed by atoms with E-state index in [9.17, 15) is 4.79 Å². The number of nitrogens with zero attached hydrogens (tertiary/aromatic N) is 2. The number of hydrogen-bond donors (Lipinski definition) is 1. The van der Waals surface area contributed by atoms with Gasteiger partial charge in [0.2, 0.25) is 0 Å². The van der Waals surface area contributed by atoms with Gasteiger partial charge in [0, 0.05) is 48.7 Å². The summed E-state index contributed by atoms with van der Waals surface area (Å²) in [6.07, 6.45) is 1.71. The van der Waals surface area contributed by atoms with E-state index in [0.717, 1.165) is 60.5 Å². The van der Waals surface area contributed by atoms with Crippen molar-refractivity contribution >= 4 is 27.8 Å². The van der Waals surface area contributed by atoms with E-state index in [-0.39, 0.29) is 0 Å². The lowest BCUT2D eigenvalue weighted by atomic mass is 10.1. The molecule has 0 saturated carbocycles. The molecule has 3 heterocycles. The third-order valence-corrected chi connectivity index (χ3v) is 6.07. The molecule has 0 aliphatic carbocycles. The predicted molar refractivity (Wildman–Crippen MR) is 129 cm³/mol. The summed E-state index contributed by atoms with van der Waals surface area (Å²) in [6, 6.07) is 11.3. The van der Waals surface area contributed by atoms with Gasteiger partial charge < -0.3 is 24.4 Å². The zero-order chi connectivity index (χ0) is 23.7. The van der Waals surface area contributed by atoms with Gasteiger partial charge in [0.25, 0.3) is 5.91 Å². The maximum absolute atomic E-state index is 11.9. The van der Waals surface area contributed by atoms with Gasteiger partial charge in [0.1, 0.15) is 35.2 Å². The Balaban J connectivity index is 1.35. The minimum absolute atomic E-state index is 0.412. The number of nitrogens with two attached hydrogens (primary N) is 1. The number of ether oxygens (including phenoxy) is 3. The lowest BCUT2D eigenvalue weighted by molar-refractivity contribution is 0.0322. The third kappa shape index (κ3) is 4.42. The Bertz CT molecular complexity index is 1360. The van der Waals surface area contributed by atoms with Crippen molar-refractivity contribution in [2.45, 2.75) is 13.8 Å². The first kappa shape index (κ1) is 22.2. The zero-order valence-corrected chi connectivity index (χ0v) is 19.3. The molecule has 4 aromatic rings. The summed E-state index contributed by atoms with van der Waals surface area (Å²) < 4.78 is 23.3. The summed E-state index contributed by atoms with van der Waals surface area (Å²) in [5.41, 5.74) is 8.16. The molecule has 1 aliphatic heterocycles. The Labute approximate surface area is 197 Å². The summed E-state index contributed by atoms with van der Waals surface area (Å²) in [5, 5.41) is 1.59. The topological polar surface area (TPSA) is 100 Å². The molecule has 8 heteroatoms. The van der Waals surface area contributed by atoms with Crippen LogP contribution in [0, 0.1) is 13.8 Å². The van der Waals surface area contributed by atoms with Gasteiger partial charge in [-0.3, -0.25) is 14.7 Å². The molecule has 1 amide bonds. The van der Waals surface area contributed by atoms with E-state index in [0.29, 0.717) is 35.0 Å². The van der Waals surface area contributed by atoms with Crippen molar-refractivity contribution in [2.75, 3.05) is 39.5 Å². The van der Waals surface area contributed by atoms with Crippen LogP contribution in [0.2, 0.25) is 0 Å². The number of aromatic nitrogens is 1. The average molecular weight is 462 g/mol. The number of benzene rings is 2. The van der Waals surface area contributed by atoms with Crippen molar-refractivity contribution < 1.29 is 23.4 Å². The predicted octanol–water partition coefficient (Wildman–Crippen LogP) is 4.20. The molecule has 0 bridgehead atoms. The summed E-state index contributed by atoms with van der Waals surface area (Å²) in [5.74, 6) is 2.04. The second-order valence-corrected chi connectivity index (χ2v) is 8.40. The molecule has 2 N–H and O–H groups in total. The molecule has 2 aromatic heterocycles. The van der Waals surface area contributed by atoms with Crippen molar-refractivity contribution in [3.05, 3.63) is 59.5 Å². The molecular formula is C26H27N3O5. The van der Waals surface area contributed by atoms with Crippen LogP contribution in [0.25, 0.3) is 21.9 Å². The maximum Gasteiger partial charge on any atom is 0.252 e. The first-order valence-corrected chi connectivity index (χ1v) is 11.3. The van der Waals surface area contributed by atoms with Crippen LogP contribution in [-0.4, -0.2) is 55.2 Å². The van der Waals surface area contributed by atoms with Crippen molar-refractivity contribution in [2.24, 2.45) is 5.73 Å². The fraction of sp³-hybridized carbons (Fsp3) is 0.308. The third-order valence-electron chi connectivity index (χ3n) is 6.07. The van der Waals surface area contributed by atoms with Gasteiger partial charge in [-0.1, -0.05) is 0 Å². The molecule has 0 radical (unpaired) electrons. The highest BCUT2D eigenvalue weighted by atomic mass is 16.5. The van der Waals surface area contributed by atoms with E-state index in [4.69, 9.17) is 24.4 Å². The second kappa shape index (κ2) is 9.32. The molecule has 5 rings (SSSR count). The second-order valence-electron chi connectivity index (χ2n) is 8.40. The standard InChI is InChI=1S/C26H27N3O5/c1-16-13-19(15-23-24(16)25(26(27)30)17(2)33-23)34-22-5-6-28-21-14-18(3-4-20(21)22)32-12-9-29-7-10-31-11-8-29/h3-6,13-15H,7-12H2,1-2H3,(H2,27,30). The smallest absolute Gasteiger partial charge is 0.252 e. The highest BCUT2D eigenvalue weighted by molar-refractivity contribution is 6.07. The number of carbonyl (C=O) groups is 1. The van der Waals surface area contributed by atoms with Gasteiger partial charge in [-0.05, 0) is 43.7 Å². The largest absolute Gasteiger partial charge is 0.492 e. The van der Waals surface area contributed by atoms with E-state index in [1.165, 1.54) is 0 Å². The van der Waals surface area contributed by atoms with E-state index in [1.807, 2.05) is 37.3 Å². The molecule has 0 spiro atoms. The number of rotatable bonds is 7. The molecular weight excluding hydrogens is 434 g/mol. The lowest BCUT2D eigenvalue weighted by Gasteiger charge is -2.26. The van der Waals surface area contributed by atoms with Crippen LogP contribution in [0.4, 0.5) is 0 Å². The van der Waals surface area contributed by atoms with E-state index < -0.39 is 5.91 Å². The van der Waals surface area contributed by atoms with E-state index in [1.54, 1.807) is 19.2 Å². The van der Waals surface area contributed by atoms with Crippen LogP contribution in [0.3, 0.4) is 0 Å². The van der Waals surface area contributed by atoms with Gasteiger partial charge in [0.15, 0.2) is 0 Å². The number of carbonyl (C=O) groups excluding carboxylic acids is 1. The normalized spacial score (nSPS) is 14.5. The van der Waals surface area contributed by atoms with Crippen LogP contribution < -0.4 is 15.2 Å². The number of hydrogen-bond acceptors (Lipinski definition) is 7. The van der Waals surface area contributed by atoms with Gasteiger partial charge >= 0.3 is 0 Å². The van der Waals surface area contributed by atoms with Crippen LogP contribution >= 0.6 is 0 Å². The number of morpholine rings is 1. The van der Waals surface area contributed by atoms with Crippen LogP contribution in [-0.2, 0) is 4.74 Å². The van der Waals surface area contributed by atoms with Gasteiger partial charge in [-0.25, -0.2) is 0 Å². The molecule has 8 nitrogen and oxygen atoms in total. The van der Waals surface area contributed by atoms with Crippen molar-refractivity contribution in [1.29, 1.82) is 0 Å². The number of aryl methyl sites for hydroxylation is 2. The maximum atomic E-state index is 11.9. The van der Waals surface area contributed by atoms with Crippen molar-refractivity contribution in [1.82, 2.24) is 9.88 Å². The Hall–Kier alpha value is -3.62. The van der Waals surface area contributed by atoms with Crippen molar-refractivity contribution in [3.63, 3.8) is 0 Å². The molecule has 176 valence electrons. The number of fused-ring (bicyclic) bond motifs is 2. The van der Waals surface area contributed by atoms with Crippen LogP contribution in [0.15, 0.2) is 47.0 Å². The Morgan fingerprint density at radius 1 is 1.12 bits per heavy atom. The monoisotopic (exact) mass is 461 g/mol. The molecule has 2 aromatic carbocycles. The highest BCUT2D eigenvalue weighted by Gasteiger charge is 2.19. The minimum atomic E-state index is -0.504. The summed E-state index contributed by atoms with van der Waals surface area (Å²) in [7, 11) is 0. The van der Waals surface area contributed by atoms with Gasteiger partial charge in [-0.15, -0.1) is 0 Å². The Morgan fingerprint density at radius 2 is 1.94 bits per heavy atom. The summed E-state index contributed by atoms with van der Waals surface area (Å²) >= 11 is 0. The van der Waals surface area contributed by atoms with Crippen LogP contribution in [0.5, 0.6) is 17.2 Å². The van der Waals surface area contributed by atoms with Gasteiger partial charge in [0.05, 0.1) is 24.3 Å². The molecule has 0 unspecified atom stereocenters. The van der Waals surface area contributed by atoms with Crippen molar-refractivity contribution in [3.8, 4) is 17.2 Å². The quantitative estimate of drug-likeness (QED) is 0.440. The minimum Gasteiger partial charge on any atom is -0.492 e. The number of primary amides is 1. The summed E-state index contributed by atoms with van der Waals surface area (Å²) in [4.78, 5) is 18.7. The fourth-order valence-electron chi connectivity index (χ4n) is 4.40. The van der Waals surface area contributed by atoms with Gasteiger partial charge in [-0.2, -0.15) is 0 Å².